The number of carbonyl (C=O) groups is 3. The van der Waals surface area contributed by atoms with E-state index in [2.05, 4.69) is 4.74 Å². The van der Waals surface area contributed by atoms with Gasteiger partial charge in [0.1, 0.15) is 11.5 Å². The van der Waals surface area contributed by atoms with E-state index in [0.29, 0.717) is 22.6 Å². The van der Waals surface area contributed by atoms with E-state index >= 15 is 0 Å². The Kier molecular flexibility index (Phi) is 5.51. The number of hydrogen-bond donors (Lipinski definition) is 1. The Morgan fingerprint density at radius 2 is 1.93 bits per heavy atom. The Bertz CT molecular complexity index is 896. The monoisotopic (exact) mass is 388 g/mol. The Morgan fingerprint density at radius 3 is 2.57 bits per heavy atom. The van der Waals surface area contributed by atoms with Crippen molar-refractivity contribution in [3.05, 3.63) is 41.0 Å². The van der Waals surface area contributed by atoms with Crippen molar-refractivity contribution in [2.75, 3.05) is 21.3 Å². The molecule has 1 aromatic rings. The smallest absolute Gasteiger partial charge is 0.347 e. The number of ether oxygens (including phenoxy) is 4. The number of carbonyl (C=O) groups excluding carboxylic acids is 3. The molecule has 0 bridgehead atoms. The van der Waals surface area contributed by atoms with Gasteiger partial charge in [0, 0.05) is 29.2 Å². The molecule has 2 atom stereocenters. The first-order valence-electron chi connectivity index (χ1n) is 8.61. The van der Waals surface area contributed by atoms with Gasteiger partial charge in [-0.25, -0.2) is 14.4 Å². The molecular weight excluding hydrogens is 368 g/mol. The molecule has 2 aliphatic rings. The van der Waals surface area contributed by atoms with Gasteiger partial charge in [-0.05, 0) is 18.9 Å². The summed E-state index contributed by atoms with van der Waals surface area (Å²) in [5.41, 5.74) is 1.15. The van der Waals surface area contributed by atoms with Crippen molar-refractivity contribution in [1.29, 1.82) is 0 Å². The van der Waals surface area contributed by atoms with Gasteiger partial charge in [-0.1, -0.05) is 6.08 Å². The number of aliphatic hydroxyl groups excluding tert-OH is 1. The molecule has 0 amide bonds. The van der Waals surface area contributed by atoms with E-state index in [0.717, 1.165) is 0 Å². The SMILES string of the molecule is COC(=O)/C=C/[C@H]1c2c(OC)cc(OC)cc2C2=C(CC[C@@H]1O)C(=O)OC2=O. The lowest BCUT2D eigenvalue weighted by Gasteiger charge is -2.27. The average Bonchev–Trinajstić information content (AvgIpc) is 2.97. The minimum absolute atomic E-state index is 0.126. The quantitative estimate of drug-likeness (QED) is 0.470. The van der Waals surface area contributed by atoms with Crippen molar-refractivity contribution in [2.24, 2.45) is 0 Å². The number of aliphatic hydroxyl groups is 1. The fourth-order valence-corrected chi connectivity index (χ4v) is 3.50. The third kappa shape index (κ3) is 3.38. The van der Waals surface area contributed by atoms with Gasteiger partial charge in [-0.15, -0.1) is 0 Å². The highest BCUT2D eigenvalue weighted by atomic mass is 16.6. The van der Waals surface area contributed by atoms with Crippen LogP contribution in [0.25, 0.3) is 5.57 Å². The molecule has 148 valence electrons. The maximum absolute atomic E-state index is 12.4. The third-order valence-electron chi connectivity index (χ3n) is 4.86. The zero-order chi connectivity index (χ0) is 20.4. The van der Waals surface area contributed by atoms with Gasteiger partial charge in [0.25, 0.3) is 0 Å². The molecule has 1 aliphatic heterocycles. The highest BCUT2D eigenvalue weighted by Gasteiger charge is 2.40. The number of hydrogen-bond acceptors (Lipinski definition) is 8. The standard InChI is InChI=1S/C20H20O8/c1-25-10-8-13-17(15(9-10)26-2)11(5-7-16(22)27-3)14(21)6-4-12-18(13)20(24)28-19(12)23/h5,7-9,11,14,21H,4,6H2,1-3H3/b7-5+/t11-,14+/m1/s1. The lowest BCUT2D eigenvalue weighted by molar-refractivity contribution is -0.150. The summed E-state index contributed by atoms with van der Waals surface area (Å²) >= 11 is 0. The van der Waals surface area contributed by atoms with Gasteiger partial charge in [0.2, 0.25) is 0 Å². The van der Waals surface area contributed by atoms with Crippen LogP contribution in [0.2, 0.25) is 0 Å². The van der Waals surface area contributed by atoms with E-state index < -0.39 is 29.9 Å². The van der Waals surface area contributed by atoms with Gasteiger partial charge in [-0.3, -0.25) is 0 Å². The largest absolute Gasteiger partial charge is 0.497 e. The number of benzene rings is 1. The van der Waals surface area contributed by atoms with Crippen LogP contribution in [0.1, 0.15) is 29.9 Å². The molecule has 0 radical (unpaired) electrons. The van der Waals surface area contributed by atoms with Gasteiger partial charge in [-0.2, -0.15) is 0 Å². The van der Waals surface area contributed by atoms with Crippen molar-refractivity contribution in [3.8, 4) is 11.5 Å². The van der Waals surface area contributed by atoms with E-state index in [4.69, 9.17) is 14.2 Å². The molecule has 0 spiro atoms. The maximum Gasteiger partial charge on any atom is 0.347 e. The van der Waals surface area contributed by atoms with Crippen molar-refractivity contribution >= 4 is 23.5 Å². The normalized spacial score (nSPS) is 21.6. The average molecular weight is 388 g/mol. The van der Waals surface area contributed by atoms with Gasteiger partial charge >= 0.3 is 17.9 Å². The van der Waals surface area contributed by atoms with Crippen LogP contribution >= 0.6 is 0 Å². The number of cyclic esters (lactones) is 2. The van der Waals surface area contributed by atoms with Crippen molar-refractivity contribution < 1.29 is 38.4 Å². The maximum atomic E-state index is 12.4. The molecular formula is C20H20O8. The first kappa shape index (κ1) is 19.6. The number of methoxy groups -OCH3 is 3. The third-order valence-corrected chi connectivity index (χ3v) is 4.86. The summed E-state index contributed by atoms with van der Waals surface area (Å²) in [5.74, 6) is -2.01. The van der Waals surface area contributed by atoms with E-state index in [1.807, 2.05) is 0 Å². The van der Waals surface area contributed by atoms with Crippen LogP contribution in [-0.2, 0) is 23.9 Å². The van der Waals surface area contributed by atoms with Crippen LogP contribution in [0, 0.1) is 0 Å². The lowest BCUT2D eigenvalue weighted by Crippen LogP contribution is -2.22. The summed E-state index contributed by atoms with van der Waals surface area (Å²) in [7, 11) is 4.15. The van der Waals surface area contributed by atoms with Gasteiger partial charge < -0.3 is 24.1 Å². The fraction of sp³-hybridized carbons (Fsp3) is 0.350. The summed E-state index contributed by atoms with van der Waals surface area (Å²) in [5, 5.41) is 10.8. The summed E-state index contributed by atoms with van der Waals surface area (Å²) in [6, 6.07) is 3.19. The van der Waals surface area contributed by atoms with Crippen LogP contribution in [0.5, 0.6) is 11.5 Å². The Labute approximate surface area is 161 Å². The van der Waals surface area contributed by atoms with Gasteiger partial charge in [0.05, 0.1) is 38.6 Å². The molecule has 1 N–H and O–H groups in total. The molecule has 0 unspecified atom stereocenters. The van der Waals surface area contributed by atoms with E-state index in [1.165, 1.54) is 33.5 Å². The lowest BCUT2D eigenvalue weighted by atomic mass is 9.80. The summed E-state index contributed by atoms with van der Waals surface area (Å²) in [6.45, 7) is 0. The predicted molar refractivity (Wildman–Crippen MR) is 96.7 cm³/mol. The van der Waals surface area contributed by atoms with Crippen LogP contribution in [0.15, 0.2) is 29.9 Å². The van der Waals surface area contributed by atoms with Crippen LogP contribution in [0.4, 0.5) is 0 Å². The Balaban J connectivity index is 2.30. The highest BCUT2D eigenvalue weighted by Crippen LogP contribution is 2.45. The molecule has 28 heavy (non-hydrogen) atoms. The second kappa shape index (κ2) is 7.85. The zero-order valence-electron chi connectivity index (χ0n) is 15.7. The molecule has 3 rings (SSSR count). The summed E-state index contributed by atoms with van der Waals surface area (Å²) < 4.78 is 20.2. The van der Waals surface area contributed by atoms with E-state index in [-0.39, 0.29) is 24.0 Å². The number of fused-ring (bicyclic) bond motifs is 2. The van der Waals surface area contributed by atoms with E-state index in [1.54, 1.807) is 12.1 Å². The second-order valence-electron chi connectivity index (χ2n) is 6.34. The molecule has 0 aromatic heterocycles. The molecule has 0 fully saturated rings. The molecule has 1 heterocycles. The fourth-order valence-electron chi connectivity index (χ4n) is 3.50. The van der Waals surface area contributed by atoms with Gasteiger partial charge in [0.15, 0.2) is 0 Å². The summed E-state index contributed by atoms with van der Waals surface area (Å²) in [6.07, 6.45) is 2.10. The van der Waals surface area contributed by atoms with Crippen LogP contribution in [-0.4, -0.2) is 50.4 Å². The number of esters is 3. The van der Waals surface area contributed by atoms with Crippen molar-refractivity contribution in [1.82, 2.24) is 0 Å². The summed E-state index contributed by atoms with van der Waals surface area (Å²) in [4.78, 5) is 36.1. The molecule has 1 aliphatic carbocycles. The molecule has 1 aromatic carbocycles. The minimum atomic E-state index is -0.945. The minimum Gasteiger partial charge on any atom is -0.497 e. The predicted octanol–water partition coefficient (Wildman–Crippen LogP) is 1.51. The zero-order valence-corrected chi connectivity index (χ0v) is 15.7. The second-order valence-corrected chi connectivity index (χ2v) is 6.34. The molecule has 0 saturated carbocycles. The highest BCUT2D eigenvalue weighted by molar-refractivity contribution is 6.31. The first-order chi connectivity index (χ1) is 13.4. The topological polar surface area (TPSA) is 108 Å². The molecule has 0 saturated heterocycles. The molecule has 8 nitrogen and oxygen atoms in total. The molecule has 8 heteroatoms. The number of rotatable bonds is 4. The van der Waals surface area contributed by atoms with Crippen LogP contribution in [0.3, 0.4) is 0 Å². The van der Waals surface area contributed by atoms with E-state index in [9.17, 15) is 19.5 Å². The first-order valence-corrected chi connectivity index (χ1v) is 8.61. The Morgan fingerprint density at radius 1 is 1.18 bits per heavy atom. The van der Waals surface area contributed by atoms with Crippen molar-refractivity contribution in [2.45, 2.75) is 24.9 Å². The Hall–Kier alpha value is -3.13. The van der Waals surface area contributed by atoms with Crippen molar-refractivity contribution in [3.63, 3.8) is 0 Å². The van der Waals surface area contributed by atoms with Crippen LogP contribution < -0.4 is 9.47 Å².